The van der Waals surface area contributed by atoms with Crippen LogP contribution in [0.3, 0.4) is 0 Å². The molecule has 4 rings (SSSR count). The number of hydrogen-bond acceptors (Lipinski definition) is 4. The predicted octanol–water partition coefficient (Wildman–Crippen LogP) is 3.97. The Kier molecular flexibility index (Phi) is 4.38. The van der Waals surface area contributed by atoms with Crippen molar-refractivity contribution in [2.24, 2.45) is 0 Å². The molecule has 0 aliphatic carbocycles. The maximum absolute atomic E-state index is 12.7. The molecule has 2 aromatic carbocycles. The summed E-state index contributed by atoms with van der Waals surface area (Å²) in [5, 5.41) is 7.30. The minimum absolute atomic E-state index is 0.292. The van der Waals surface area contributed by atoms with Crippen molar-refractivity contribution < 1.29 is 14.3 Å². The number of amides is 1. The lowest BCUT2D eigenvalue weighted by Gasteiger charge is -2.20. The summed E-state index contributed by atoms with van der Waals surface area (Å²) in [5.74, 6) is 0.978. The Morgan fingerprint density at radius 2 is 1.81 bits per heavy atom. The van der Waals surface area contributed by atoms with Crippen LogP contribution in [-0.2, 0) is 0 Å². The van der Waals surface area contributed by atoms with E-state index >= 15 is 0 Å². The van der Waals surface area contributed by atoms with Crippen LogP contribution in [0.5, 0.6) is 11.5 Å². The van der Waals surface area contributed by atoms with E-state index in [-0.39, 0.29) is 5.91 Å². The summed E-state index contributed by atoms with van der Waals surface area (Å²) in [5.41, 5.74) is 2.73. The molecule has 3 aromatic rings. The number of ether oxygens (including phenoxy) is 2. The fourth-order valence-electron chi connectivity index (χ4n) is 2.76. The molecular weight excluding hydrogens is 398 g/mol. The third-order valence-electron chi connectivity index (χ3n) is 4.00. The van der Waals surface area contributed by atoms with Crippen LogP contribution in [0.15, 0.2) is 53.0 Å². The summed E-state index contributed by atoms with van der Waals surface area (Å²) in [6, 6.07) is 15.0. The van der Waals surface area contributed by atoms with E-state index in [0.29, 0.717) is 40.6 Å². The summed E-state index contributed by atoms with van der Waals surface area (Å²) < 4.78 is 13.6. The topological polar surface area (TPSA) is 65.4 Å². The number of para-hydroxylation sites is 1. The first-order valence-electron chi connectivity index (χ1n) is 8.14. The Balaban J connectivity index is 1.60. The van der Waals surface area contributed by atoms with Gasteiger partial charge in [-0.1, -0.05) is 18.2 Å². The van der Waals surface area contributed by atoms with Crippen LogP contribution in [0.4, 0.5) is 5.69 Å². The van der Waals surface area contributed by atoms with Gasteiger partial charge in [0, 0.05) is 22.3 Å². The quantitative estimate of drug-likeness (QED) is 0.705. The third kappa shape index (κ3) is 3.17. The van der Waals surface area contributed by atoms with Crippen LogP contribution < -0.4 is 14.8 Å². The SMILES string of the molecule is Cc1cc(C(=O)Nc2cc3c(cc2Br)OCCO3)nn1-c1ccccc1. The molecule has 0 bridgehead atoms. The van der Waals surface area contributed by atoms with Crippen molar-refractivity contribution in [1.82, 2.24) is 9.78 Å². The van der Waals surface area contributed by atoms with Crippen molar-refractivity contribution in [3.63, 3.8) is 0 Å². The third-order valence-corrected chi connectivity index (χ3v) is 4.66. The number of carbonyl (C=O) groups excluding carboxylic acids is 1. The number of hydrogen-bond donors (Lipinski definition) is 1. The first-order valence-corrected chi connectivity index (χ1v) is 8.94. The second-order valence-corrected chi connectivity index (χ2v) is 6.70. The van der Waals surface area contributed by atoms with Crippen LogP contribution in [0.25, 0.3) is 5.69 Å². The lowest BCUT2D eigenvalue weighted by Crippen LogP contribution is -2.17. The van der Waals surface area contributed by atoms with Gasteiger partial charge in [0.05, 0.1) is 11.4 Å². The molecule has 0 atom stereocenters. The molecule has 0 saturated carbocycles. The largest absolute Gasteiger partial charge is 0.486 e. The highest BCUT2D eigenvalue weighted by molar-refractivity contribution is 9.10. The number of nitrogens with one attached hydrogen (secondary N) is 1. The molecular formula is C19H16BrN3O3. The number of fused-ring (bicyclic) bond motifs is 1. The molecule has 0 fully saturated rings. The van der Waals surface area contributed by atoms with E-state index in [1.54, 1.807) is 22.9 Å². The van der Waals surface area contributed by atoms with E-state index in [9.17, 15) is 4.79 Å². The van der Waals surface area contributed by atoms with Gasteiger partial charge in [-0.15, -0.1) is 0 Å². The summed E-state index contributed by atoms with van der Waals surface area (Å²) in [6.45, 7) is 2.92. The molecule has 1 aromatic heterocycles. The van der Waals surface area contributed by atoms with Crippen molar-refractivity contribution >= 4 is 27.5 Å². The van der Waals surface area contributed by atoms with Crippen molar-refractivity contribution in [2.45, 2.75) is 6.92 Å². The summed E-state index contributed by atoms with van der Waals surface area (Å²) in [4.78, 5) is 12.7. The minimum Gasteiger partial charge on any atom is -0.486 e. The molecule has 0 spiro atoms. The molecule has 1 N–H and O–H groups in total. The van der Waals surface area contributed by atoms with Crippen molar-refractivity contribution in [2.75, 3.05) is 18.5 Å². The van der Waals surface area contributed by atoms with Crippen molar-refractivity contribution in [3.8, 4) is 17.2 Å². The van der Waals surface area contributed by atoms with Crippen LogP contribution in [0.1, 0.15) is 16.2 Å². The zero-order valence-corrected chi connectivity index (χ0v) is 15.6. The Morgan fingerprint density at radius 1 is 1.12 bits per heavy atom. The Hall–Kier alpha value is -2.80. The van der Waals surface area contributed by atoms with Gasteiger partial charge in [-0.3, -0.25) is 4.79 Å². The highest BCUT2D eigenvalue weighted by atomic mass is 79.9. The molecule has 0 radical (unpaired) electrons. The standard InChI is InChI=1S/C19H16BrN3O3/c1-12-9-16(22-23(12)13-5-3-2-4-6-13)19(24)21-15-11-18-17(10-14(15)20)25-7-8-26-18/h2-6,9-11H,7-8H2,1H3,(H,21,24). The highest BCUT2D eigenvalue weighted by Gasteiger charge is 2.18. The Labute approximate surface area is 158 Å². The van der Waals surface area contributed by atoms with Gasteiger partial charge >= 0.3 is 0 Å². The van der Waals surface area contributed by atoms with Gasteiger partial charge in [-0.05, 0) is 41.1 Å². The molecule has 1 amide bonds. The fourth-order valence-corrected chi connectivity index (χ4v) is 3.18. The second-order valence-electron chi connectivity index (χ2n) is 5.85. The van der Waals surface area contributed by atoms with Gasteiger partial charge in [0.1, 0.15) is 13.2 Å². The van der Waals surface area contributed by atoms with E-state index in [4.69, 9.17) is 9.47 Å². The first-order chi connectivity index (χ1) is 12.6. The van der Waals surface area contributed by atoms with Gasteiger partial charge in [0.2, 0.25) is 0 Å². The predicted molar refractivity (Wildman–Crippen MR) is 101 cm³/mol. The van der Waals surface area contributed by atoms with Crippen LogP contribution in [0, 0.1) is 6.92 Å². The number of aromatic nitrogens is 2. The summed E-state index contributed by atoms with van der Waals surface area (Å²) in [7, 11) is 0. The van der Waals surface area contributed by atoms with Gasteiger partial charge in [-0.25, -0.2) is 4.68 Å². The summed E-state index contributed by atoms with van der Waals surface area (Å²) in [6.07, 6.45) is 0. The smallest absolute Gasteiger partial charge is 0.276 e. The normalized spacial score (nSPS) is 12.7. The van der Waals surface area contributed by atoms with E-state index in [0.717, 1.165) is 11.4 Å². The highest BCUT2D eigenvalue weighted by Crippen LogP contribution is 2.38. The number of nitrogens with zero attached hydrogens (tertiary/aromatic N) is 2. The molecule has 1 aliphatic rings. The summed E-state index contributed by atoms with van der Waals surface area (Å²) >= 11 is 3.46. The number of anilines is 1. The number of rotatable bonds is 3. The lowest BCUT2D eigenvalue weighted by atomic mass is 10.2. The Bertz CT molecular complexity index is 970. The zero-order valence-electron chi connectivity index (χ0n) is 14.0. The lowest BCUT2D eigenvalue weighted by molar-refractivity contribution is 0.102. The molecule has 1 aliphatic heterocycles. The molecule has 26 heavy (non-hydrogen) atoms. The number of carbonyl (C=O) groups is 1. The van der Waals surface area contributed by atoms with E-state index in [1.807, 2.05) is 37.3 Å². The van der Waals surface area contributed by atoms with Gasteiger partial charge in [-0.2, -0.15) is 5.10 Å². The zero-order chi connectivity index (χ0) is 18.1. The van der Waals surface area contributed by atoms with Gasteiger partial charge < -0.3 is 14.8 Å². The number of benzene rings is 2. The monoisotopic (exact) mass is 413 g/mol. The molecule has 0 unspecified atom stereocenters. The van der Waals surface area contributed by atoms with Gasteiger partial charge in [0.15, 0.2) is 17.2 Å². The maximum Gasteiger partial charge on any atom is 0.276 e. The van der Waals surface area contributed by atoms with E-state index in [1.165, 1.54) is 0 Å². The van der Waals surface area contributed by atoms with E-state index in [2.05, 4.69) is 26.3 Å². The van der Waals surface area contributed by atoms with Crippen molar-refractivity contribution in [1.29, 1.82) is 0 Å². The van der Waals surface area contributed by atoms with E-state index < -0.39 is 0 Å². The minimum atomic E-state index is -0.292. The molecule has 0 saturated heterocycles. The molecule has 7 heteroatoms. The maximum atomic E-state index is 12.7. The van der Waals surface area contributed by atoms with Crippen LogP contribution in [0.2, 0.25) is 0 Å². The number of halogens is 1. The number of aryl methyl sites for hydroxylation is 1. The van der Waals surface area contributed by atoms with Crippen LogP contribution in [-0.4, -0.2) is 28.9 Å². The Morgan fingerprint density at radius 3 is 2.54 bits per heavy atom. The molecule has 6 nitrogen and oxygen atoms in total. The fraction of sp³-hybridized carbons (Fsp3) is 0.158. The molecule has 2 heterocycles. The average Bonchev–Trinajstić information content (AvgIpc) is 3.05. The average molecular weight is 414 g/mol. The van der Waals surface area contributed by atoms with Gasteiger partial charge in [0.25, 0.3) is 5.91 Å². The van der Waals surface area contributed by atoms with Crippen molar-refractivity contribution in [3.05, 3.63) is 64.4 Å². The molecule has 132 valence electrons. The van der Waals surface area contributed by atoms with Crippen LogP contribution >= 0.6 is 15.9 Å². The second kappa shape index (κ2) is 6.84. The first kappa shape index (κ1) is 16.7.